The van der Waals surface area contributed by atoms with Gasteiger partial charge in [0, 0.05) is 16.4 Å². The molecule has 6 heteroatoms. The number of hydrogen-bond donors (Lipinski definition) is 2. The molecule has 0 unspecified atom stereocenters. The highest BCUT2D eigenvalue weighted by atomic mass is 35.5. The van der Waals surface area contributed by atoms with Gasteiger partial charge in [-0.3, -0.25) is 4.79 Å². The van der Waals surface area contributed by atoms with Gasteiger partial charge in [0.05, 0.1) is 19.2 Å². The predicted octanol–water partition coefficient (Wildman–Crippen LogP) is 3.49. The lowest BCUT2D eigenvalue weighted by Gasteiger charge is -2.09. The molecule has 0 radical (unpaired) electrons. The number of aryl methyl sites for hydroxylation is 1. The molecule has 2 rings (SSSR count). The van der Waals surface area contributed by atoms with Crippen LogP contribution in [0.3, 0.4) is 0 Å². The summed E-state index contributed by atoms with van der Waals surface area (Å²) in [6, 6.07) is 12.0. The molecule has 0 spiro atoms. The van der Waals surface area contributed by atoms with Gasteiger partial charge in [-0.25, -0.2) is 4.79 Å². The summed E-state index contributed by atoms with van der Waals surface area (Å²) in [4.78, 5) is 23.2. The van der Waals surface area contributed by atoms with E-state index in [1.165, 1.54) is 7.11 Å². The summed E-state index contributed by atoms with van der Waals surface area (Å²) in [5.74, 6) is -0.617. The number of methoxy groups -OCH3 is 1. The maximum atomic E-state index is 11.9. The standard InChI is InChI=1S/C17H17ClN2O3/c1-11-3-6-14(9-15(11)18)19-10-16(21)20-13-7-4-12(5-8-13)17(22)23-2/h3-9,19H,10H2,1-2H3,(H,20,21). The Labute approximate surface area is 139 Å². The first kappa shape index (κ1) is 16.8. The minimum absolute atomic E-state index is 0.109. The van der Waals surface area contributed by atoms with Crippen LogP contribution in [-0.4, -0.2) is 25.5 Å². The summed E-state index contributed by atoms with van der Waals surface area (Å²) >= 11 is 6.03. The molecular weight excluding hydrogens is 316 g/mol. The van der Waals surface area contributed by atoms with Gasteiger partial charge in [-0.15, -0.1) is 0 Å². The Morgan fingerprint density at radius 1 is 1.09 bits per heavy atom. The molecular formula is C17H17ClN2O3. The third kappa shape index (κ3) is 4.72. The van der Waals surface area contributed by atoms with Crippen molar-refractivity contribution in [2.75, 3.05) is 24.3 Å². The second-order valence-electron chi connectivity index (χ2n) is 4.93. The van der Waals surface area contributed by atoms with E-state index < -0.39 is 5.97 Å². The Bertz CT molecular complexity index is 714. The van der Waals surface area contributed by atoms with Crippen LogP contribution in [0.2, 0.25) is 5.02 Å². The molecule has 2 aromatic rings. The highest BCUT2D eigenvalue weighted by Gasteiger charge is 2.06. The van der Waals surface area contributed by atoms with Gasteiger partial charge in [0.2, 0.25) is 5.91 Å². The molecule has 0 aliphatic heterocycles. The molecule has 23 heavy (non-hydrogen) atoms. The average Bonchev–Trinajstić information content (AvgIpc) is 2.56. The molecule has 0 aliphatic carbocycles. The molecule has 2 aromatic carbocycles. The van der Waals surface area contributed by atoms with Crippen molar-refractivity contribution in [3.8, 4) is 0 Å². The van der Waals surface area contributed by atoms with Crippen molar-refractivity contribution in [2.45, 2.75) is 6.92 Å². The number of rotatable bonds is 5. The normalized spacial score (nSPS) is 10.0. The average molecular weight is 333 g/mol. The highest BCUT2D eigenvalue weighted by Crippen LogP contribution is 2.19. The predicted molar refractivity (Wildman–Crippen MR) is 91.1 cm³/mol. The van der Waals surface area contributed by atoms with Crippen molar-refractivity contribution in [3.05, 3.63) is 58.6 Å². The van der Waals surface area contributed by atoms with Crippen molar-refractivity contribution in [2.24, 2.45) is 0 Å². The van der Waals surface area contributed by atoms with Crippen LogP contribution in [0.4, 0.5) is 11.4 Å². The van der Waals surface area contributed by atoms with Crippen LogP contribution in [0.15, 0.2) is 42.5 Å². The summed E-state index contributed by atoms with van der Waals surface area (Å²) < 4.78 is 4.62. The number of halogens is 1. The van der Waals surface area contributed by atoms with Crippen molar-refractivity contribution >= 4 is 34.9 Å². The fourth-order valence-electron chi connectivity index (χ4n) is 1.90. The van der Waals surface area contributed by atoms with Crippen LogP contribution in [0.25, 0.3) is 0 Å². The third-order valence-corrected chi connectivity index (χ3v) is 3.62. The van der Waals surface area contributed by atoms with Gasteiger partial charge in [-0.05, 0) is 48.9 Å². The van der Waals surface area contributed by atoms with Gasteiger partial charge >= 0.3 is 5.97 Å². The second-order valence-corrected chi connectivity index (χ2v) is 5.34. The first-order valence-corrected chi connectivity index (χ1v) is 7.35. The highest BCUT2D eigenvalue weighted by molar-refractivity contribution is 6.31. The summed E-state index contributed by atoms with van der Waals surface area (Å²) in [6.07, 6.45) is 0. The number of hydrogen-bond acceptors (Lipinski definition) is 4. The van der Waals surface area contributed by atoms with E-state index in [1.807, 2.05) is 19.1 Å². The first-order chi connectivity index (χ1) is 11.0. The minimum atomic E-state index is -0.416. The second kappa shape index (κ2) is 7.65. The van der Waals surface area contributed by atoms with E-state index in [0.717, 1.165) is 11.3 Å². The van der Waals surface area contributed by atoms with Crippen molar-refractivity contribution in [3.63, 3.8) is 0 Å². The monoisotopic (exact) mass is 332 g/mol. The number of amides is 1. The Kier molecular flexibility index (Phi) is 5.60. The van der Waals surface area contributed by atoms with Crippen molar-refractivity contribution < 1.29 is 14.3 Å². The van der Waals surface area contributed by atoms with E-state index >= 15 is 0 Å². The van der Waals surface area contributed by atoms with Crippen LogP contribution in [-0.2, 0) is 9.53 Å². The number of nitrogens with one attached hydrogen (secondary N) is 2. The molecule has 0 fully saturated rings. The number of ether oxygens (including phenoxy) is 1. The van der Waals surface area contributed by atoms with E-state index in [0.29, 0.717) is 16.3 Å². The Balaban J connectivity index is 1.89. The zero-order chi connectivity index (χ0) is 16.8. The quantitative estimate of drug-likeness (QED) is 0.822. The molecule has 0 bridgehead atoms. The summed E-state index contributed by atoms with van der Waals surface area (Å²) in [6.45, 7) is 2.02. The topological polar surface area (TPSA) is 67.4 Å². The summed E-state index contributed by atoms with van der Waals surface area (Å²) in [5.41, 5.74) is 2.79. The maximum absolute atomic E-state index is 11.9. The SMILES string of the molecule is COC(=O)c1ccc(NC(=O)CNc2ccc(C)c(Cl)c2)cc1. The van der Waals surface area contributed by atoms with Crippen LogP contribution < -0.4 is 10.6 Å². The molecule has 0 saturated heterocycles. The molecule has 0 atom stereocenters. The maximum Gasteiger partial charge on any atom is 0.337 e. The van der Waals surface area contributed by atoms with Crippen molar-refractivity contribution in [1.29, 1.82) is 0 Å². The lowest BCUT2D eigenvalue weighted by Crippen LogP contribution is -2.21. The molecule has 2 N–H and O–H groups in total. The first-order valence-electron chi connectivity index (χ1n) is 6.98. The van der Waals surface area contributed by atoms with E-state index in [1.54, 1.807) is 30.3 Å². The number of benzene rings is 2. The van der Waals surface area contributed by atoms with Gasteiger partial charge in [0.25, 0.3) is 0 Å². The van der Waals surface area contributed by atoms with Crippen LogP contribution in [0.1, 0.15) is 15.9 Å². The minimum Gasteiger partial charge on any atom is -0.465 e. The summed E-state index contributed by atoms with van der Waals surface area (Å²) in [5, 5.41) is 6.38. The zero-order valence-electron chi connectivity index (χ0n) is 12.9. The number of carbonyl (C=O) groups is 2. The molecule has 0 heterocycles. The fourth-order valence-corrected chi connectivity index (χ4v) is 2.08. The molecule has 0 aromatic heterocycles. The molecule has 5 nitrogen and oxygen atoms in total. The van der Waals surface area contributed by atoms with Crippen molar-refractivity contribution in [1.82, 2.24) is 0 Å². The number of esters is 1. The lowest BCUT2D eigenvalue weighted by atomic mass is 10.2. The molecule has 0 saturated carbocycles. The van der Waals surface area contributed by atoms with Gasteiger partial charge in [0.1, 0.15) is 0 Å². The Hall–Kier alpha value is -2.53. The summed E-state index contributed by atoms with van der Waals surface area (Å²) in [7, 11) is 1.32. The Morgan fingerprint density at radius 2 is 1.74 bits per heavy atom. The molecule has 0 aliphatic rings. The fraction of sp³-hybridized carbons (Fsp3) is 0.176. The zero-order valence-corrected chi connectivity index (χ0v) is 13.6. The van der Waals surface area contributed by atoms with E-state index in [-0.39, 0.29) is 12.5 Å². The van der Waals surface area contributed by atoms with Gasteiger partial charge in [0.15, 0.2) is 0 Å². The molecule has 1 amide bonds. The van der Waals surface area contributed by atoms with Gasteiger partial charge in [-0.1, -0.05) is 17.7 Å². The van der Waals surface area contributed by atoms with Crippen LogP contribution >= 0.6 is 11.6 Å². The van der Waals surface area contributed by atoms with Crippen LogP contribution in [0, 0.1) is 6.92 Å². The van der Waals surface area contributed by atoms with Crippen LogP contribution in [0.5, 0.6) is 0 Å². The van der Waals surface area contributed by atoms with Gasteiger partial charge in [-0.2, -0.15) is 0 Å². The van der Waals surface area contributed by atoms with Gasteiger partial charge < -0.3 is 15.4 Å². The molecule has 120 valence electrons. The van der Waals surface area contributed by atoms with E-state index in [4.69, 9.17) is 11.6 Å². The Morgan fingerprint density at radius 3 is 2.35 bits per heavy atom. The smallest absolute Gasteiger partial charge is 0.337 e. The lowest BCUT2D eigenvalue weighted by molar-refractivity contribution is -0.114. The van der Waals surface area contributed by atoms with E-state index in [2.05, 4.69) is 15.4 Å². The third-order valence-electron chi connectivity index (χ3n) is 3.21. The number of anilines is 2. The largest absolute Gasteiger partial charge is 0.465 e. The number of carbonyl (C=O) groups excluding carboxylic acids is 2. The van der Waals surface area contributed by atoms with E-state index in [9.17, 15) is 9.59 Å².